The van der Waals surface area contributed by atoms with Crippen LogP contribution in [0.25, 0.3) is 0 Å². The van der Waals surface area contributed by atoms with Crippen LogP contribution in [-0.4, -0.2) is 25.9 Å². The Hall–Kier alpha value is -2.24. The maximum absolute atomic E-state index is 12.1. The highest BCUT2D eigenvalue weighted by molar-refractivity contribution is 6.35. The summed E-state index contributed by atoms with van der Waals surface area (Å²) < 4.78 is 10.5. The van der Waals surface area contributed by atoms with Gasteiger partial charge in [0.1, 0.15) is 11.5 Å². The number of aldehydes is 1. The van der Waals surface area contributed by atoms with Crippen LogP contribution in [0, 0.1) is 0 Å². The Morgan fingerprint density at radius 1 is 1.24 bits per heavy atom. The molecule has 1 N–H and O–H groups in total. The fourth-order valence-corrected chi connectivity index (χ4v) is 2.81. The average Bonchev–Trinajstić information content (AvgIpc) is 2.59. The Balaban J connectivity index is 1.97. The van der Waals surface area contributed by atoms with E-state index >= 15 is 0 Å². The lowest BCUT2D eigenvalue weighted by atomic mass is 10.1. The zero-order valence-corrected chi connectivity index (χ0v) is 15.2. The fourth-order valence-electron chi connectivity index (χ4n) is 2.23. The van der Waals surface area contributed by atoms with Gasteiger partial charge in [-0.15, -0.1) is 0 Å². The van der Waals surface area contributed by atoms with Crippen molar-refractivity contribution >= 4 is 35.4 Å². The highest BCUT2D eigenvalue weighted by Gasteiger charge is 2.14. The number of carbonyl (C=O) groups excluding carboxylic acids is 2. The van der Waals surface area contributed by atoms with E-state index in [1.807, 2.05) is 0 Å². The predicted octanol–water partition coefficient (Wildman–Crippen LogP) is 4.07. The Kier molecular flexibility index (Phi) is 6.67. The Bertz CT molecular complexity index is 780. The summed E-state index contributed by atoms with van der Waals surface area (Å²) in [5.74, 6) is 0.499. The third-order valence-corrected chi connectivity index (χ3v) is 4.07. The van der Waals surface area contributed by atoms with Crippen LogP contribution in [0.5, 0.6) is 11.5 Å². The lowest BCUT2D eigenvalue weighted by Crippen LogP contribution is -2.31. The first-order valence-electron chi connectivity index (χ1n) is 7.45. The molecule has 2 aromatic rings. The molecule has 132 valence electrons. The molecule has 0 spiro atoms. The summed E-state index contributed by atoms with van der Waals surface area (Å²) in [5.41, 5.74) is 1.05. The molecule has 2 aromatic carbocycles. The van der Waals surface area contributed by atoms with Crippen molar-refractivity contribution in [2.75, 3.05) is 13.7 Å². The summed E-state index contributed by atoms with van der Waals surface area (Å²) in [6.07, 6.45) is 0.645. The number of rotatable bonds is 7. The van der Waals surface area contributed by atoms with Crippen LogP contribution in [0.3, 0.4) is 0 Å². The standard InChI is InChI=1S/C18H17Cl2NO4/c1-11(15-5-3-13(19)8-16(15)20)21-18(23)10-25-17-6-4-14(24-2)7-12(17)9-22/h3-9,11H,10H2,1-2H3,(H,21,23). The first-order valence-corrected chi connectivity index (χ1v) is 8.20. The lowest BCUT2D eigenvalue weighted by Gasteiger charge is -2.16. The van der Waals surface area contributed by atoms with Crippen molar-refractivity contribution in [2.45, 2.75) is 13.0 Å². The molecule has 0 fully saturated rings. The van der Waals surface area contributed by atoms with Gasteiger partial charge in [-0.1, -0.05) is 29.3 Å². The first kappa shape index (κ1) is 19.1. The van der Waals surface area contributed by atoms with E-state index in [2.05, 4.69) is 5.32 Å². The molecule has 0 bridgehead atoms. The zero-order valence-electron chi connectivity index (χ0n) is 13.7. The second-order valence-corrected chi connectivity index (χ2v) is 6.11. The van der Waals surface area contributed by atoms with Crippen LogP contribution < -0.4 is 14.8 Å². The normalized spacial score (nSPS) is 11.5. The van der Waals surface area contributed by atoms with Gasteiger partial charge in [-0.2, -0.15) is 0 Å². The molecule has 2 rings (SSSR count). The van der Waals surface area contributed by atoms with E-state index < -0.39 is 0 Å². The average molecular weight is 382 g/mol. The summed E-state index contributed by atoms with van der Waals surface area (Å²) >= 11 is 12.0. The van der Waals surface area contributed by atoms with E-state index in [1.165, 1.54) is 13.2 Å². The minimum Gasteiger partial charge on any atom is -0.497 e. The second-order valence-electron chi connectivity index (χ2n) is 5.27. The smallest absolute Gasteiger partial charge is 0.258 e. The summed E-state index contributed by atoms with van der Waals surface area (Å²) in [6, 6.07) is 9.52. The fraction of sp³-hybridized carbons (Fsp3) is 0.222. The van der Waals surface area contributed by atoms with Crippen molar-refractivity contribution < 1.29 is 19.1 Å². The quantitative estimate of drug-likeness (QED) is 0.734. The SMILES string of the molecule is COc1ccc(OCC(=O)NC(C)c2ccc(Cl)cc2Cl)c(C=O)c1. The maximum atomic E-state index is 12.1. The number of amides is 1. The number of nitrogens with one attached hydrogen (secondary N) is 1. The van der Waals surface area contributed by atoms with Gasteiger partial charge in [-0.05, 0) is 42.8 Å². The van der Waals surface area contributed by atoms with Gasteiger partial charge in [0.2, 0.25) is 0 Å². The van der Waals surface area contributed by atoms with E-state index in [0.717, 1.165) is 5.56 Å². The van der Waals surface area contributed by atoms with Gasteiger partial charge in [-0.3, -0.25) is 9.59 Å². The third kappa shape index (κ3) is 5.11. The zero-order chi connectivity index (χ0) is 18.4. The van der Waals surface area contributed by atoms with Crippen LogP contribution in [0.1, 0.15) is 28.9 Å². The van der Waals surface area contributed by atoms with Gasteiger partial charge in [0.15, 0.2) is 12.9 Å². The molecule has 0 saturated carbocycles. The molecule has 1 unspecified atom stereocenters. The molecule has 25 heavy (non-hydrogen) atoms. The number of methoxy groups -OCH3 is 1. The topological polar surface area (TPSA) is 64.6 Å². The van der Waals surface area contributed by atoms with Crippen LogP contribution in [0.4, 0.5) is 0 Å². The van der Waals surface area contributed by atoms with Crippen molar-refractivity contribution in [2.24, 2.45) is 0 Å². The molecular formula is C18H17Cl2NO4. The van der Waals surface area contributed by atoms with Crippen LogP contribution >= 0.6 is 23.2 Å². The van der Waals surface area contributed by atoms with Gasteiger partial charge in [0.05, 0.1) is 18.7 Å². The van der Waals surface area contributed by atoms with Crippen molar-refractivity contribution in [1.82, 2.24) is 5.32 Å². The highest BCUT2D eigenvalue weighted by atomic mass is 35.5. The largest absolute Gasteiger partial charge is 0.497 e. The number of halogens is 2. The molecule has 1 amide bonds. The summed E-state index contributed by atoms with van der Waals surface area (Å²) in [6.45, 7) is 1.57. The second kappa shape index (κ2) is 8.74. The molecule has 0 radical (unpaired) electrons. The van der Waals surface area contributed by atoms with Crippen LogP contribution in [0.2, 0.25) is 10.0 Å². The number of carbonyl (C=O) groups is 2. The van der Waals surface area contributed by atoms with E-state index in [4.69, 9.17) is 32.7 Å². The number of ether oxygens (including phenoxy) is 2. The Morgan fingerprint density at radius 3 is 2.64 bits per heavy atom. The molecule has 0 saturated heterocycles. The van der Waals surface area contributed by atoms with Crippen LogP contribution in [0.15, 0.2) is 36.4 Å². The molecule has 0 aliphatic rings. The molecule has 0 aliphatic carbocycles. The Labute approximate surface area is 155 Å². The van der Waals surface area contributed by atoms with E-state index in [9.17, 15) is 9.59 Å². The molecule has 5 nitrogen and oxygen atoms in total. The Morgan fingerprint density at radius 2 is 2.00 bits per heavy atom. The number of hydrogen-bond acceptors (Lipinski definition) is 4. The van der Waals surface area contributed by atoms with Gasteiger partial charge < -0.3 is 14.8 Å². The maximum Gasteiger partial charge on any atom is 0.258 e. The third-order valence-electron chi connectivity index (χ3n) is 3.51. The molecule has 0 aromatic heterocycles. The van der Waals surface area contributed by atoms with Gasteiger partial charge in [0.25, 0.3) is 5.91 Å². The summed E-state index contributed by atoms with van der Waals surface area (Å²) in [7, 11) is 1.50. The van der Waals surface area contributed by atoms with Gasteiger partial charge in [-0.25, -0.2) is 0 Å². The van der Waals surface area contributed by atoms with Crippen molar-refractivity contribution in [3.8, 4) is 11.5 Å². The van der Waals surface area contributed by atoms with E-state index in [-0.39, 0.29) is 18.6 Å². The summed E-state index contributed by atoms with van der Waals surface area (Å²) in [5, 5.41) is 3.78. The van der Waals surface area contributed by atoms with E-state index in [1.54, 1.807) is 37.3 Å². The minimum atomic E-state index is -0.341. The van der Waals surface area contributed by atoms with E-state index in [0.29, 0.717) is 33.4 Å². The minimum absolute atomic E-state index is 0.233. The van der Waals surface area contributed by atoms with Gasteiger partial charge in [0, 0.05) is 10.0 Å². The molecular weight excluding hydrogens is 365 g/mol. The molecule has 1 atom stereocenters. The van der Waals surface area contributed by atoms with Crippen LogP contribution in [-0.2, 0) is 4.79 Å². The van der Waals surface area contributed by atoms with Crippen molar-refractivity contribution in [3.63, 3.8) is 0 Å². The monoisotopic (exact) mass is 381 g/mol. The highest BCUT2D eigenvalue weighted by Crippen LogP contribution is 2.26. The molecule has 0 heterocycles. The number of benzene rings is 2. The van der Waals surface area contributed by atoms with Gasteiger partial charge >= 0.3 is 0 Å². The molecule has 7 heteroatoms. The van der Waals surface area contributed by atoms with Crippen molar-refractivity contribution in [3.05, 3.63) is 57.6 Å². The van der Waals surface area contributed by atoms with Crippen molar-refractivity contribution in [1.29, 1.82) is 0 Å². The number of hydrogen-bond donors (Lipinski definition) is 1. The molecule has 0 aliphatic heterocycles. The lowest BCUT2D eigenvalue weighted by molar-refractivity contribution is -0.123. The first-order chi connectivity index (χ1) is 11.9. The summed E-state index contributed by atoms with van der Waals surface area (Å²) in [4.78, 5) is 23.2. The predicted molar refractivity (Wildman–Crippen MR) is 96.9 cm³/mol.